The highest BCUT2D eigenvalue weighted by Gasteiger charge is 2.02. The van der Waals surface area contributed by atoms with Crippen molar-refractivity contribution in [1.29, 1.82) is 0 Å². The van der Waals surface area contributed by atoms with Gasteiger partial charge < -0.3 is 0 Å². The molecule has 0 amide bonds. The molecule has 0 spiro atoms. The van der Waals surface area contributed by atoms with Crippen molar-refractivity contribution in [2.24, 2.45) is 0 Å². The smallest absolute Gasteiger partial charge is 0.250 e. The molecule has 5 heteroatoms. The van der Waals surface area contributed by atoms with Gasteiger partial charge in [0.15, 0.2) is 0 Å². The van der Waals surface area contributed by atoms with Gasteiger partial charge in [-0.3, -0.25) is 0 Å². The van der Waals surface area contributed by atoms with Crippen LogP contribution in [0.2, 0.25) is 0 Å². The van der Waals surface area contributed by atoms with Crippen LogP contribution < -0.4 is 5.69 Å². The van der Waals surface area contributed by atoms with E-state index in [1.54, 1.807) is 0 Å². The van der Waals surface area contributed by atoms with Gasteiger partial charge in [-0.2, -0.15) is 5.10 Å². The molecular weight excluding hydrogens is 246 g/mol. The summed E-state index contributed by atoms with van der Waals surface area (Å²) in [4.78, 5) is 11.3. The molecule has 0 aliphatic carbocycles. The number of halogens is 1. The van der Waals surface area contributed by atoms with Gasteiger partial charge in [0, 0.05) is 4.47 Å². The fourth-order valence-corrected chi connectivity index (χ4v) is 1.88. The molecular formula is C9H8BrN3O. The first-order valence-corrected chi connectivity index (χ1v) is 4.86. The van der Waals surface area contributed by atoms with Crippen molar-refractivity contribution in [3.63, 3.8) is 0 Å². The lowest BCUT2D eigenvalue weighted by molar-refractivity contribution is 0.979. The first-order chi connectivity index (χ1) is 6.66. The minimum absolute atomic E-state index is 0.234. The Balaban J connectivity index is 2.63. The molecule has 14 heavy (non-hydrogen) atoms. The average Bonchev–Trinajstić information content (AvgIpc) is 2.49. The predicted molar refractivity (Wildman–Crippen MR) is 56.6 cm³/mol. The third-order valence-electron chi connectivity index (χ3n) is 1.86. The zero-order chi connectivity index (χ0) is 10.1. The van der Waals surface area contributed by atoms with E-state index in [0.29, 0.717) is 0 Å². The zero-order valence-electron chi connectivity index (χ0n) is 7.49. The number of aromatic amines is 1. The molecule has 1 aromatic carbocycles. The number of H-pyrrole nitrogens is 1. The molecule has 0 aliphatic rings. The van der Waals surface area contributed by atoms with Crippen LogP contribution >= 0.6 is 15.9 Å². The van der Waals surface area contributed by atoms with Crippen molar-refractivity contribution in [2.45, 2.75) is 6.92 Å². The fourth-order valence-electron chi connectivity index (χ4n) is 1.29. The summed E-state index contributed by atoms with van der Waals surface area (Å²) in [5.74, 6) is 0. The number of nitrogens with one attached hydrogen (secondary N) is 1. The molecule has 72 valence electrons. The zero-order valence-corrected chi connectivity index (χ0v) is 9.08. The van der Waals surface area contributed by atoms with E-state index in [-0.39, 0.29) is 5.69 Å². The van der Waals surface area contributed by atoms with Crippen LogP contribution in [0, 0.1) is 6.92 Å². The summed E-state index contributed by atoms with van der Waals surface area (Å²) in [5, 5.41) is 6.02. The largest absolute Gasteiger partial charge is 0.347 e. The van der Waals surface area contributed by atoms with E-state index in [0.717, 1.165) is 15.7 Å². The molecule has 0 unspecified atom stereocenters. The van der Waals surface area contributed by atoms with Crippen LogP contribution in [0.3, 0.4) is 0 Å². The van der Waals surface area contributed by atoms with Gasteiger partial charge in [0.25, 0.3) is 0 Å². The number of nitrogens with zero attached hydrogens (tertiary/aromatic N) is 2. The van der Waals surface area contributed by atoms with Gasteiger partial charge >= 0.3 is 5.69 Å². The molecule has 0 aliphatic heterocycles. The summed E-state index contributed by atoms with van der Waals surface area (Å²) in [5.41, 5.74) is 1.65. The SMILES string of the molecule is Cc1cc(Br)cc(-n2cn[nH]c2=O)c1. The van der Waals surface area contributed by atoms with E-state index < -0.39 is 0 Å². The Morgan fingerprint density at radius 2 is 2.21 bits per heavy atom. The molecule has 0 radical (unpaired) electrons. The first kappa shape index (κ1) is 9.21. The lowest BCUT2D eigenvalue weighted by atomic mass is 10.2. The van der Waals surface area contributed by atoms with E-state index in [1.165, 1.54) is 10.9 Å². The minimum Gasteiger partial charge on any atom is -0.250 e. The molecule has 1 N–H and O–H groups in total. The van der Waals surface area contributed by atoms with Gasteiger partial charge in [0.05, 0.1) is 5.69 Å². The number of aromatic nitrogens is 3. The second-order valence-electron chi connectivity index (χ2n) is 3.02. The highest BCUT2D eigenvalue weighted by Crippen LogP contribution is 2.16. The van der Waals surface area contributed by atoms with Gasteiger partial charge in [-0.1, -0.05) is 15.9 Å². The van der Waals surface area contributed by atoms with Crippen molar-refractivity contribution >= 4 is 15.9 Å². The third kappa shape index (κ3) is 1.63. The number of hydrogen-bond acceptors (Lipinski definition) is 2. The minimum atomic E-state index is -0.234. The van der Waals surface area contributed by atoms with E-state index in [1.807, 2.05) is 25.1 Å². The standard InChI is InChI=1S/C9H8BrN3O/c1-6-2-7(10)4-8(3-6)13-5-11-12-9(13)14/h2-5H,1H3,(H,12,14). The Morgan fingerprint density at radius 1 is 1.43 bits per heavy atom. The van der Waals surface area contributed by atoms with E-state index >= 15 is 0 Å². The fraction of sp³-hybridized carbons (Fsp3) is 0.111. The van der Waals surface area contributed by atoms with Crippen LogP contribution in [0.1, 0.15) is 5.56 Å². The van der Waals surface area contributed by atoms with Gasteiger partial charge in [-0.25, -0.2) is 14.5 Å². The van der Waals surface area contributed by atoms with E-state index in [2.05, 4.69) is 26.1 Å². The Hall–Kier alpha value is -1.36. The van der Waals surface area contributed by atoms with Crippen LogP contribution in [-0.2, 0) is 0 Å². The second kappa shape index (κ2) is 3.42. The number of rotatable bonds is 1. The van der Waals surface area contributed by atoms with Crippen molar-refractivity contribution < 1.29 is 0 Å². The molecule has 1 heterocycles. The summed E-state index contributed by atoms with van der Waals surface area (Å²) in [6.45, 7) is 1.97. The summed E-state index contributed by atoms with van der Waals surface area (Å²) >= 11 is 3.38. The Labute approximate surface area is 88.7 Å². The topological polar surface area (TPSA) is 50.7 Å². The lowest BCUT2D eigenvalue weighted by Gasteiger charge is -2.02. The molecule has 2 rings (SSSR count). The van der Waals surface area contributed by atoms with Crippen LogP contribution in [0.15, 0.2) is 33.8 Å². The van der Waals surface area contributed by atoms with Crippen LogP contribution in [0.25, 0.3) is 5.69 Å². The van der Waals surface area contributed by atoms with Crippen LogP contribution in [0.4, 0.5) is 0 Å². The number of hydrogen-bond donors (Lipinski definition) is 1. The van der Waals surface area contributed by atoms with Crippen molar-refractivity contribution in [3.8, 4) is 5.69 Å². The maximum absolute atomic E-state index is 11.3. The van der Waals surface area contributed by atoms with Crippen LogP contribution in [-0.4, -0.2) is 14.8 Å². The third-order valence-corrected chi connectivity index (χ3v) is 2.32. The number of benzene rings is 1. The van der Waals surface area contributed by atoms with Crippen molar-refractivity contribution in [2.75, 3.05) is 0 Å². The van der Waals surface area contributed by atoms with Gasteiger partial charge in [-0.05, 0) is 30.7 Å². The highest BCUT2D eigenvalue weighted by molar-refractivity contribution is 9.10. The van der Waals surface area contributed by atoms with Gasteiger partial charge in [-0.15, -0.1) is 0 Å². The van der Waals surface area contributed by atoms with Gasteiger partial charge in [0.2, 0.25) is 0 Å². The molecule has 0 saturated heterocycles. The Kier molecular flexibility index (Phi) is 2.25. The second-order valence-corrected chi connectivity index (χ2v) is 3.93. The maximum atomic E-state index is 11.3. The molecule has 2 aromatic rings. The predicted octanol–water partition coefficient (Wildman–Crippen LogP) is 1.63. The molecule has 0 bridgehead atoms. The van der Waals surface area contributed by atoms with Crippen molar-refractivity contribution in [1.82, 2.24) is 14.8 Å². The quantitative estimate of drug-likeness (QED) is 0.840. The lowest BCUT2D eigenvalue weighted by Crippen LogP contribution is -2.14. The molecule has 0 fully saturated rings. The van der Waals surface area contributed by atoms with E-state index in [9.17, 15) is 4.79 Å². The molecule has 4 nitrogen and oxygen atoms in total. The molecule has 0 atom stereocenters. The number of aryl methyl sites for hydroxylation is 1. The summed E-state index contributed by atoms with van der Waals surface area (Å²) in [7, 11) is 0. The highest BCUT2D eigenvalue weighted by atomic mass is 79.9. The molecule has 1 aromatic heterocycles. The summed E-state index contributed by atoms with van der Waals surface area (Å²) in [6, 6.07) is 5.76. The first-order valence-electron chi connectivity index (χ1n) is 4.06. The Bertz CT molecular complexity index is 495. The van der Waals surface area contributed by atoms with Crippen LogP contribution in [0.5, 0.6) is 0 Å². The normalized spacial score (nSPS) is 10.4. The molecule has 0 saturated carbocycles. The maximum Gasteiger partial charge on any atom is 0.347 e. The summed E-state index contributed by atoms with van der Waals surface area (Å²) < 4.78 is 2.40. The average molecular weight is 254 g/mol. The monoisotopic (exact) mass is 253 g/mol. The van der Waals surface area contributed by atoms with Gasteiger partial charge in [0.1, 0.15) is 6.33 Å². The summed E-state index contributed by atoms with van der Waals surface area (Å²) in [6.07, 6.45) is 1.46. The van der Waals surface area contributed by atoms with Crippen molar-refractivity contribution in [3.05, 3.63) is 45.0 Å². The Morgan fingerprint density at radius 3 is 2.79 bits per heavy atom. The van der Waals surface area contributed by atoms with E-state index in [4.69, 9.17) is 0 Å².